The minimum atomic E-state index is 0.000956. The van der Waals surface area contributed by atoms with E-state index in [0.29, 0.717) is 11.6 Å². The molecule has 1 saturated heterocycles. The fourth-order valence-corrected chi connectivity index (χ4v) is 2.75. The van der Waals surface area contributed by atoms with E-state index in [4.69, 9.17) is 0 Å². The molecule has 0 amide bonds. The van der Waals surface area contributed by atoms with Crippen molar-refractivity contribution in [1.82, 2.24) is 14.7 Å². The molecule has 2 aromatic heterocycles. The Morgan fingerprint density at radius 3 is 2.89 bits per heavy atom. The van der Waals surface area contributed by atoms with Gasteiger partial charge in [0.05, 0.1) is 5.69 Å². The minimum absolute atomic E-state index is 0.000956. The zero-order valence-electron chi connectivity index (χ0n) is 9.90. The van der Waals surface area contributed by atoms with Crippen molar-refractivity contribution in [2.75, 3.05) is 13.1 Å². The molecule has 0 spiro atoms. The number of halogens is 1. The van der Waals surface area contributed by atoms with Crippen LogP contribution in [0.3, 0.4) is 0 Å². The first kappa shape index (κ1) is 11.9. The Kier molecular flexibility index (Phi) is 3.18. The van der Waals surface area contributed by atoms with Gasteiger partial charge in [-0.1, -0.05) is 15.9 Å². The van der Waals surface area contributed by atoms with E-state index in [2.05, 4.69) is 26.2 Å². The lowest BCUT2D eigenvalue weighted by Gasteiger charge is -2.22. The predicted octanol–water partition coefficient (Wildman–Crippen LogP) is 1.92. The molecule has 4 nitrogen and oxygen atoms in total. The number of nitrogens with zero attached hydrogens (tertiary/aromatic N) is 2. The van der Waals surface area contributed by atoms with E-state index in [1.54, 1.807) is 16.7 Å². The molecule has 0 aliphatic carbocycles. The summed E-state index contributed by atoms with van der Waals surface area (Å²) in [6.45, 7) is 2.01. The summed E-state index contributed by atoms with van der Waals surface area (Å²) in [5.74, 6) is 0.405. The van der Waals surface area contributed by atoms with Crippen molar-refractivity contribution in [3.05, 3.63) is 44.9 Å². The first-order valence-corrected chi connectivity index (χ1v) is 6.93. The van der Waals surface area contributed by atoms with Crippen molar-refractivity contribution in [2.45, 2.75) is 18.8 Å². The Labute approximate surface area is 113 Å². The molecule has 3 heterocycles. The number of nitrogens with one attached hydrogen (secondary N) is 1. The second-order valence-corrected chi connectivity index (χ2v) is 5.53. The van der Waals surface area contributed by atoms with Crippen LogP contribution >= 0.6 is 15.9 Å². The molecule has 0 radical (unpaired) electrons. The van der Waals surface area contributed by atoms with Crippen LogP contribution in [0.2, 0.25) is 0 Å². The van der Waals surface area contributed by atoms with Gasteiger partial charge in [0.25, 0.3) is 5.56 Å². The Bertz CT molecular complexity index is 632. The molecular weight excluding hydrogens is 294 g/mol. The van der Waals surface area contributed by atoms with Gasteiger partial charge < -0.3 is 5.32 Å². The monoisotopic (exact) mass is 307 g/mol. The molecule has 0 bridgehead atoms. The largest absolute Gasteiger partial charge is 0.317 e. The molecule has 1 N–H and O–H groups in total. The third-order valence-electron chi connectivity index (χ3n) is 3.41. The Morgan fingerprint density at radius 2 is 2.11 bits per heavy atom. The average Bonchev–Trinajstić information content (AvgIpc) is 2.39. The van der Waals surface area contributed by atoms with Gasteiger partial charge >= 0.3 is 0 Å². The lowest BCUT2D eigenvalue weighted by molar-refractivity contribution is 0.453. The number of hydrogen-bond donors (Lipinski definition) is 1. The summed E-state index contributed by atoms with van der Waals surface area (Å²) in [7, 11) is 0. The van der Waals surface area contributed by atoms with Crippen LogP contribution in [0.25, 0.3) is 5.65 Å². The Morgan fingerprint density at radius 1 is 1.33 bits per heavy atom. The van der Waals surface area contributed by atoms with Gasteiger partial charge in [0.15, 0.2) is 0 Å². The number of fused-ring (bicyclic) bond motifs is 1. The van der Waals surface area contributed by atoms with Crippen LogP contribution in [-0.4, -0.2) is 22.5 Å². The van der Waals surface area contributed by atoms with Crippen LogP contribution < -0.4 is 10.9 Å². The van der Waals surface area contributed by atoms with Gasteiger partial charge in [-0.05, 0) is 38.1 Å². The molecule has 18 heavy (non-hydrogen) atoms. The summed E-state index contributed by atoms with van der Waals surface area (Å²) in [5, 5.41) is 3.33. The quantitative estimate of drug-likeness (QED) is 0.875. The Hall–Kier alpha value is -1.20. The SMILES string of the molecule is O=c1cc(C2CCNCC2)nc2cc(Br)ccn12. The average molecular weight is 308 g/mol. The maximum atomic E-state index is 12.0. The summed E-state index contributed by atoms with van der Waals surface area (Å²) in [4.78, 5) is 16.7. The number of piperidine rings is 1. The van der Waals surface area contributed by atoms with Crippen molar-refractivity contribution in [2.24, 2.45) is 0 Å². The normalized spacial score (nSPS) is 17.2. The number of aromatic nitrogens is 2. The Balaban J connectivity index is 2.10. The lowest BCUT2D eigenvalue weighted by atomic mass is 9.94. The molecule has 1 aliphatic heterocycles. The van der Waals surface area contributed by atoms with Crippen molar-refractivity contribution >= 4 is 21.6 Å². The maximum absolute atomic E-state index is 12.0. The molecule has 0 aromatic carbocycles. The van der Waals surface area contributed by atoms with Crippen LogP contribution in [0.4, 0.5) is 0 Å². The summed E-state index contributed by atoms with van der Waals surface area (Å²) in [5.41, 5.74) is 1.64. The first-order valence-electron chi connectivity index (χ1n) is 6.13. The molecule has 1 aliphatic rings. The summed E-state index contributed by atoms with van der Waals surface area (Å²) in [6.07, 6.45) is 3.86. The van der Waals surface area contributed by atoms with Gasteiger partial charge in [-0.2, -0.15) is 0 Å². The first-order chi connectivity index (χ1) is 8.74. The van der Waals surface area contributed by atoms with Gasteiger partial charge in [0, 0.05) is 22.7 Å². The van der Waals surface area contributed by atoms with Gasteiger partial charge in [-0.25, -0.2) is 4.98 Å². The van der Waals surface area contributed by atoms with Gasteiger partial charge in [0.1, 0.15) is 5.65 Å². The van der Waals surface area contributed by atoms with Crippen molar-refractivity contribution in [3.63, 3.8) is 0 Å². The molecule has 2 aromatic rings. The highest BCUT2D eigenvalue weighted by Crippen LogP contribution is 2.23. The van der Waals surface area contributed by atoms with Crippen molar-refractivity contribution < 1.29 is 0 Å². The van der Waals surface area contributed by atoms with E-state index in [1.165, 1.54) is 0 Å². The molecule has 0 saturated carbocycles. The van der Waals surface area contributed by atoms with E-state index >= 15 is 0 Å². The highest BCUT2D eigenvalue weighted by Gasteiger charge is 2.17. The van der Waals surface area contributed by atoms with Gasteiger partial charge in [0.2, 0.25) is 0 Å². The topological polar surface area (TPSA) is 46.4 Å². The van der Waals surface area contributed by atoms with Gasteiger partial charge in [-0.3, -0.25) is 9.20 Å². The van der Waals surface area contributed by atoms with E-state index in [9.17, 15) is 4.79 Å². The highest BCUT2D eigenvalue weighted by atomic mass is 79.9. The molecule has 94 valence electrons. The zero-order valence-corrected chi connectivity index (χ0v) is 11.5. The maximum Gasteiger partial charge on any atom is 0.258 e. The van der Waals surface area contributed by atoms with Crippen molar-refractivity contribution in [3.8, 4) is 0 Å². The van der Waals surface area contributed by atoms with E-state index in [-0.39, 0.29) is 5.56 Å². The molecular formula is C13H14BrN3O. The van der Waals surface area contributed by atoms with Crippen LogP contribution in [0, 0.1) is 0 Å². The number of pyridine rings is 1. The summed E-state index contributed by atoms with van der Waals surface area (Å²) < 4.78 is 2.52. The summed E-state index contributed by atoms with van der Waals surface area (Å²) >= 11 is 3.41. The fraction of sp³-hybridized carbons (Fsp3) is 0.385. The van der Waals surface area contributed by atoms with Gasteiger partial charge in [-0.15, -0.1) is 0 Å². The van der Waals surface area contributed by atoms with Crippen LogP contribution in [0.1, 0.15) is 24.5 Å². The van der Waals surface area contributed by atoms with E-state index in [1.807, 2.05) is 12.1 Å². The smallest absolute Gasteiger partial charge is 0.258 e. The minimum Gasteiger partial charge on any atom is -0.317 e. The van der Waals surface area contributed by atoms with Crippen LogP contribution in [-0.2, 0) is 0 Å². The molecule has 0 atom stereocenters. The van der Waals surface area contributed by atoms with Crippen LogP contribution in [0.15, 0.2) is 33.7 Å². The molecule has 3 rings (SSSR count). The second-order valence-electron chi connectivity index (χ2n) is 4.62. The van der Waals surface area contributed by atoms with E-state index in [0.717, 1.165) is 36.1 Å². The third kappa shape index (κ3) is 2.20. The summed E-state index contributed by atoms with van der Waals surface area (Å²) in [6, 6.07) is 5.41. The standard InChI is InChI=1S/C13H14BrN3O/c14-10-3-6-17-12(7-10)16-11(8-13(17)18)9-1-4-15-5-2-9/h3,6-9,15H,1-2,4-5H2. The van der Waals surface area contributed by atoms with Crippen molar-refractivity contribution in [1.29, 1.82) is 0 Å². The molecule has 0 unspecified atom stereocenters. The fourth-order valence-electron chi connectivity index (χ4n) is 2.42. The second kappa shape index (κ2) is 4.82. The third-order valence-corrected chi connectivity index (χ3v) is 3.90. The number of hydrogen-bond acceptors (Lipinski definition) is 3. The zero-order chi connectivity index (χ0) is 12.5. The molecule has 5 heteroatoms. The van der Waals surface area contributed by atoms with E-state index < -0.39 is 0 Å². The molecule has 1 fully saturated rings. The predicted molar refractivity (Wildman–Crippen MR) is 74.0 cm³/mol. The number of rotatable bonds is 1. The van der Waals surface area contributed by atoms with Crippen LogP contribution in [0.5, 0.6) is 0 Å². The highest BCUT2D eigenvalue weighted by molar-refractivity contribution is 9.10. The lowest BCUT2D eigenvalue weighted by Crippen LogP contribution is -2.28.